The zero-order valence-corrected chi connectivity index (χ0v) is 12.1. The van der Waals surface area contributed by atoms with Gasteiger partial charge in [0.2, 0.25) is 0 Å². The van der Waals surface area contributed by atoms with Crippen molar-refractivity contribution < 1.29 is 0 Å². The summed E-state index contributed by atoms with van der Waals surface area (Å²) in [6.07, 6.45) is 5.17. The summed E-state index contributed by atoms with van der Waals surface area (Å²) in [6.45, 7) is 0. The van der Waals surface area contributed by atoms with E-state index < -0.39 is 0 Å². The Labute approximate surface area is 118 Å². The van der Waals surface area contributed by atoms with Crippen molar-refractivity contribution in [3.8, 4) is 0 Å². The first kappa shape index (κ1) is 12.0. The van der Waals surface area contributed by atoms with Crippen molar-refractivity contribution in [2.24, 2.45) is 0 Å². The van der Waals surface area contributed by atoms with E-state index in [0.717, 1.165) is 9.50 Å². The van der Waals surface area contributed by atoms with E-state index >= 15 is 0 Å². The van der Waals surface area contributed by atoms with Crippen LogP contribution < -0.4 is 5.73 Å². The monoisotopic (exact) mass is 321 g/mol. The second-order valence-electron chi connectivity index (χ2n) is 4.26. The van der Waals surface area contributed by atoms with E-state index in [1.807, 2.05) is 0 Å². The lowest BCUT2D eigenvalue weighted by Gasteiger charge is -2.06. The number of hydrogen-bond donors (Lipinski definition) is 1. The molecule has 3 nitrogen and oxygen atoms in total. The molecule has 18 heavy (non-hydrogen) atoms. The summed E-state index contributed by atoms with van der Waals surface area (Å²) < 4.78 is 0.774. The van der Waals surface area contributed by atoms with Gasteiger partial charge >= 0.3 is 0 Å². The summed E-state index contributed by atoms with van der Waals surface area (Å²) >= 11 is 5.05. The van der Waals surface area contributed by atoms with E-state index in [4.69, 9.17) is 5.73 Å². The smallest absolute Gasteiger partial charge is 0.142 e. The van der Waals surface area contributed by atoms with Gasteiger partial charge in [0.15, 0.2) is 0 Å². The van der Waals surface area contributed by atoms with Crippen LogP contribution in [0.2, 0.25) is 0 Å². The fourth-order valence-electron chi connectivity index (χ4n) is 2.16. The molecule has 0 unspecified atom stereocenters. The van der Waals surface area contributed by atoms with Gasteiger partial charge < -0.3 is 5.73 Å². The molecule has 0 aliphatic heterocycles. The fourth-order valence-corrected chi connectivity index (χ4v) is 3.46. The molecule has 0 saturated heterocycles. The third-order valence-corrected chi connectivity index (χ3v) is 5.11. The Balaban J connectivity index is 1.90. The van der Waals surface area contributed by atoms with Crippen molar-refractivity contribution >= 4 is 33.5 Å². The van der Waals surface area contributed by atoms with Crippen molar-refractivity contribution in [3.05, 3.63) is 40.1 Å². The Morgan fingerprint density at radius 3 is 2.89 bits per heavy atom. The average molecular weight is 322 g/mol. The maximum atomic E-state index is 5.75. The molecule has 0 bridgehead atoms. The first-order chi connectivity index (χ1) is 8.74. The highest BCUT2D eigenvalue weighted by atomic mass is 79.9. The summed E-state index contributed by atoms with van der Waals surface area (Å²) in [7, 11) is 0. The number of fused-ring (bicyclic) bond motifs is 1. The molecule has 2 N–H and O–H groups in total. The van der Waals surface area contributed by atoms with E-state index in [0.29, 0.717) is 5.82 Å². The van der Waals surface area contributed by atoms with Crippen LogP contribution in [0, 0.1) is 0 Å². The molecule has 1 heterocycles. The highest BCUT2D eigenvalue weighted by Crippen LogP contribution is 2.35. The van der Waals surface area contributed by atoms with Crippen LogP contribution in [-0.4, -0.2) is 9.97 Å². The number of nitrogen functional groups attached to an aromatic ring is 1. The molecular weight excluding hydrogens is 310 g/mol. The van der Waals surface area contributed by atoms with Crippen LogP contribution in [0.25, 0.3) is 0 Å². The summed E-state index contributed by atoms with van der Waals surface area (Å²) in [5, 5.41) is 0.862. The summed E-state index contributed by atoms with van der Waals surface area (Å²) in [6, 6.07) is 6.64. The molecule has 0 spiro atoms. The van der Waals surface area contributed by atoms with E-state index in [2.05, 4.69) is 44.1 Å². The molecule has 3 rings (SSSR count). The van der Waals surface area contributed by atoms with Crippen molar-refractivity contribution in [1.82, 2.24) is 9.97 Å². The van der Waals surface area contributed by atoms with Gasteiger partial charge in [0.1, 0.15) is 17.2 Å². The summed E-state index contributed by atoms with van der Waals surface area (Å²) in [5.41, 5.74) is 8.71. The largest absolute Gasteiger partial charge is 0.383 e. The number of nitrogens with two attached hydrogens (primary N) is 1. The molecule has 0 atom stereocenters. The number of benzene rings is 1. The van der Waals surface area contributed by atoms with E-state index in [1.165, 1.54) is 41.6 Å². The minimum Gasteiger partial charge on any atom is -0.383 e. The molecule has 0 amide bonds. The number of hydrogen-bond acceptors (Lipinski definition) is 4. The fraction of sp³-hybridized carbons (Fsp3) is 0.231. The van der Waals surface area contributed by atoms with Crippen LogP contribution in [0.5, 0.6) is 0 Å². The molecule has 1 aliphatic carbocycles. The molecule has 92 valence electrons. The van der Waals surface area contributed by atoms with Gasteiger partial charge in [0.25, 0.3) is 0 Å². The number of aromatic nitrogens is 2. The average Bonchev–Trinajstić information content (AvgIpc) is 2.82. The third-order valence-electron chi connectivity index (χ3n) is 3.07. The second-order valence-corrected chi connectivity index (χ2v) is 6.12. The lowest BCUT2D eigenvalue weighted by molar-refractivity contribution is 0.911. The first-order valence-electron chi connectivity index (χ1n) is 5.79. The van der Waals surface area contributed by atoms with Gasteiger partial charge in [-0.25, -0.2) is 9.97 Å². The number of rotatable bonds is 2. The van der Waals surface area contributed by atoms with Gasteiger partial charge in [-0.1, -0.05) is 17.8 Å². The highest BCUT2D eigenvalue weighted by molar-refractivity contribution is 9.10. The summed E-state index contributed by atoms with van der Waals surface area (Å²) in [5.74, 6) is 0.480. The Bertz CT molecular complexity index is 601. The molecule has 1 aromatic heterocycles. The van der Waals surface area contributed by atoms with E-state index in [-0.39, 0.29) is 0 Å². The predicted molar refractivity (Wildman–Crippen MR) is 76.7 cm³/mol. The minimum atomic E-state index is 0.480. The standard InChI is InChI=1S/C13H12BrN3S/c14-11-12(15)16-7-17-13(11)18-10-5-4-8-2-1-3-9(8)6-10/h4-7H,1-3H2,(H2,15,16,17). The Morgan fingerprint density at radius 1 is 1.17 bits per heavy atom. The van der Waals surface area contributed by atoms with Gasteiger partial charge in [0, 0.05) is 4.90 Å². The highest BCUT2D eigenvalue weighted by Gasteiger charge is 2.13. The van der Waals surface area contributed by atoms with Crippen LogP contribution in [0.1, 0.15) is 17.5 Å². The lowest BCUT2D eigenvalue weighted by Crippen LogP contribution is -1.94. The molecule has 0 saturated carbocycles. The Morgan fingerprint density at radius 2 is 2.00 bits per heavy atom. The van der Waals surface area contributed by atoms with Crippen LogP contribution in [-0.2, 0) is 12.8 Å². The normalized spacial score (nSPS) is 13.6. The number of halogens is 1. The van der Waals surface area contributed by atoms with Gasteiger partial charge in [-0.2, -0.15) is 0 Å². The molecule has 0 radical (unpaired) electrons. The molecule has 1 aliphatic rings. The predicted octanol–water partition coefficient (Wildman–Crippen LogP) is 3.46. The van der Waals surface area contributed by atoms with Gasteiger partial charge in [-0.3, -0.25) is 0 Å². The SMILES string of the molecule is Nc1ncnc(Sc2ccc3c(c2)CCC3)c1Br. The molecule has 2 aromatic rings. The molecular formula is C13H12BrN3S. The van der Waals surface area contributed by atoms with Crippen LogP contribution in [0.3, 0.4) is 0 Å². The lowest BCUT2D eigenvalue weighted by atomic mass is 10.1. The van der Waals surface area contributed by atoms with Crippen LogP contribution in [0.15, 0.2) is 38.9 Å². The van der Waals surface area contributed by atoms with E-state index in [1.54, 1.807) is 11.8 Å². The van der Waals surface area contributed by atoms with Crippen molar-refractivity contribution in [1.29, 1.82) is 0 Å². The first-order valence-corrected chi connectivity index (χ1v) is 7.40. The number of nitrogens with zero attached hydrogens (tertiary/aromatic N) is 2. The molecule has 5 heteroatoms. The van der Waals surface area contributed by atoms with Crippen molar-refractivity contribution in [2.45, 2.75) is 29.2 Å². The van der Waals surface area contributed by atoms with E-state index in [9.17, 15) is 0 Å². The topological polar surface area (TPSA) is 51.8 Å². The maximum Gasteiger partial charge on any atom is 0.142 e. The van der Waals surface area contributed by atoms with Crippen molar-refractivity contribution in [2.75, 3.05) is 5.73 Å². The zero-order chi connectivity index (χ0) is 12.5. The number of aryl methyl sites for hydroxylation is 2. The Kier molecular flexibility index (Phi) is 3.26. The zero-order valence-electron chi connectivity index (χ0n) is 9.69. The minimum absolute atomic E-state index is 0.480. The molecule has 0 fully saturated rings. The van der Waals surface area contributed by atoms with Crippen LogP contribution >= 0.6 is 27.7 Å². The third kappa shape index (κ3) is 2.24. The molecule has 1 aromatic carbocycles. The van der Waals surface area contributed by atoms with Crippen LogP contribution in [0.4, 0.5) is 5.82 Å². The summed E-state index contributed by atoms with van der Waals surface area (Å²) in [4.78, 5) is 9.40. The second kappa shape index (κ2) is 4.90. The van der Waals surface area contributed by atoms with Gasteiger partial charge in [-0.15, -0.1) is 0 Å². The van der Waals surface area contributed by atoms with Gasteiger partial charge in [0.05, 0.1) is 4.47 Å². The van der Waals surface area contributed by atoms with Crippen molar-refractivity contribution in [3.63, 3.8) is 0 Å². The number of anilines is 1. The quantitative estimate of drug-likeness (QED) is 0.860. The van der Waals surface area contributed by atoms with Gasteiger partial charge in [-0.05, 0) is 58.5 Å². The Hall–Kier alpha value is -1.07. The maximum absolute atomic E-state index is 5.75.